The van der Waals surface area contributed by atoms with Gasteiger partial charge in [-0.05, 0) is 72.0 Å². The van der Waals surface area contributed by atoms with Gasteiger partial charge in [0, 0.05) is 40.9 Å². The molecule has 2 aliphatic heterocycles. The van der Waals surface area contributed by atoms with Gasteiger partial charge in [-0.1, -0.05) is 172 Å². The summed E-state index contributed by atoms with van der Waals surface area (Å²) in [5.41, 5.74) is 6.02. The van der Waals surface area contributed by atoms with Crippen molar-refractivity contribution in [3.63, 3.8) is 0 Å². The third kappa shape index (κ3) is 9.28. The van der Waals surface area contributed by atoms with E-state index in [0.717, 1.165) is 66.4 Å². The van der Waals surface area contributed by atoms with Gasteiger partial charge in [0.1, 0.15) is 6.54 Å². The number of unbranched alkanes of at least 4 members (excludes halogenated alkanes) is 13. The van der Waals surface area contributed by atoms with E-state index in [-0.39, 0.29) is 5.41 Å². The molecule has 57 heavy (non-hydrogen) atoms. The Hall–Kier alpha value is -3.74. The molecule has 0 bridgehead atoms. The Kier molecular flexibility index (Phi) is 14.2. The first-order valence-corrected chi connectivity index (χ1v) is 23.8. The van der Waals surface area contributed by atoms with Crippen LogP contribution in [0.5, 0.6) is 0 Å². The SMILES string of the molecule is CCCCCCCCCC[N+]1=C(/C=C/C=C2\N(C(CCCCCCCCC)S(=O)(=O)O)c3ccc4ccccc4c3C2(C)C)C(C)(C)c2c1ccc1ccccc21. The van der Waals surface area contributed by atoms with Crippen LogP contribution in [0.3, 0.4) is 0 Å². The number of nitrogens with zero attached hydrogens (tertiary/aromatic N) is 2. The molecule has 306 valence electrons. The maximum absolute atomic E-state index is 13.5. The van der Waals surface area contributed by atoms with Crippen LogP contribution in [0.15, 0.2) is 96.7 Å². The highest BCUT2D eigenvalue weighted by Gasteiger charge is 2.48. The molecular weight excluding hydrogens is 721 g/mol. The second kappa shape index (κ2) is 18.9. The van der Waals surface area contributed by atoms with Crippen LogP contribution in [0.4, 0.5) is 11.4 Å². The molecule has 6 rings (SSSR count). The van der Waals surface area contributed by atoms with Crippen LogP contribution >= 0.6 is 0 Å². The number of hydrogen-bond donors (Lipinski definition) is 1. The maximum Gasteiger partial charge on any atom is 0.286 e. The van der Waals surface area contributed by atoms with Crippen molar-refractivity contribution in [1.82, 2.24) is 0 Å². The Morgan fingerprint density at radius 1 is 0.649 bits per heavy atom. The Bertz CT molecular complexity index is 2210. The Labute approximate surface area is 344 Å². The minimum absolute atomic E-state index is 0.247. The zero-order valence-corrected chi connectivity index (χ0v) is 36.6. The third-order valence-corrected chi connectivity index (χ3v) is 14.0. The van der Waals surface area contributed by atoms with Gasteiger partial charge in [0.25, 0.3) is 10.1 Å². The molecule has 0 aromatic heterocycles. The molecule has 1 unspecified atom stereocenters. The molecule has 0 saturated carbocycles. The van der Waals surface area contributed by atoms with Gasteiger partial charge in [-0.25, -0.2) is 0 Å². The Morgan fingerprint density at radius 2 is 1.18 bits per heavy atom. The van der Waals surface area contributed by atoms with Gasteiger partial charge >= 0.3 is 0 Å². The molecule has 2 heterocycles. The highest BCUT2D eigenvalue weighted by Crippen LogP contribution is 2.53. The van der Waals surface area contributed by atoms with E-state index in [2.05, 4.69) is 137 Å². The molecule has 6 heteroatoms. The monoisotopic (exact) mass is 790 g/mol. The Balaban J connectivity index is 1.38. The molecule has 2 aliphatic rings. The van der Waals surface area contributed by atoms with E-state index in [1.165, 1.54) is 91.9 Å². The smallest absolute Gasteiger partial charge is 0.286 e. The summed E-state index contributed by atoms with van der Waals surface area (Å²) in [7, 11) is -4.43. The fourth-order valence-corrected chi connectivity index (χ4v) is 10.8. The zero-order chi connectivity index (χ0) is 40.6. The van der Waals surface area contributed by atoms with E-state index in [9.17, 15) is 13.0 Å². The molecule has 0 fully saturated rings. The molecule has 0 amide bonds. The molecular formula is C51H69N2O3S+. The predicted octanol–water partition coefficient (Wildman–Crippen LogP) is 14.1. The van der Waals surface area contributed by atoms with E-state index < -0.39 is 20.9 Å². The van der Waals surface area contributed by atoms with E-state index >= 15 is 0 Å². The number of fused-ring (bicyclic) bond motifs is 6. The van der Waals surface area contributed by atoms with E-state index in [1.54, 1.807) is 0 Å². The third-order valence-electron chi connectivity index (χ3n) is 12.9. The van der Waals surface area contributed by atoms with E-state index in [1.807, 2.05) is 4.90 Å². The van der Waals surface area contributed by atoms with Crippen LogP contribution in [0.1, 0.15) is 155 Å². The van der Waals surface area contributed by atoms with Crippen molar-refractivity contribution in [2.24, 2.45) is 0 Å². The lowest BCUT2D eigenvalue weighted by Crippen LogP contribution is -2.41. The molecule has 5 nitrogen and oxygen atoms in total. The van der Waals surface area contributed by atoms with Crippen molar-refractivity contribution in [3.05, 3.63) is 108 Å². The lowest BCUT2D eigenvalue weighted by Gasteiger charge is -2.32. The largest absolute Gasteiger partial charge is 0.324 e. The van der Waals surface area contributed by atoms with Gasteiger partial charge in [-0.2, -0.15) is 13.0 Å². The quantitative estimate of drug-likeness (QED) is 0.0519. The lowest BCUT2D eigenvalue weighted by molar-refractivity contribution is -0.438. The molecule has 1 N–H and O–H groups in total. The summed E-state index contributed by atoms with van der Waals surface area (Å²) in [5.74, 6) is 0. The first-order valence-electron chi connectivity index (χ1n) is 22.3. The molecule has 4 aromatic carbocycles. The number of anilines is 1. The fourth-order valence-electron chi connectivity index (χ4n) is 9.87. The van der Waals surface area contributed by atoms with Crippen molar-refractivity contribution in [1.29, 1.82) is 0 Å². The van der Waals surface area contributed by atoms with Crippen LogP contribution in [0.2, 0.25) is 0 Å². The summed E-state index contributed by atoms with van der Waals surface area (Å²) in [6, 6.07) is 25.9. The minimum atomic E-state index is -4.43. The van der Waals surface area contributed by atoms with Crippen molar-refractivity contribution >= 4 is 48.7 Å². The average Bonchev–Trinajstić information content (AvgIpc) is 3.55. The van der Waals surface area contributed by atoms with Gasteiger partial charge in [0.15, 0.2) is 11.1 Å². The molecule has 0 spiro atoms. The molecule has 4 aromatic rings. The van der Waals surface area contributed by atoms with Gasteiger partial charge in [0.05, 0.1) is 5.41 Å². The van der Waals surface area contributed by atoms with Crippen molar-refractivity contribution in [3.8, 4) is 0 Å². The van der Waals surface area contributed by atoms with E-state index in [4.69, 9.17) is 0 Å². The molecule has 0 radical (unpaired) electrons. The first-order chi connectivity index (χ1) is 27.4. The molecule has 1 atom stereocenters. The van der Waals surface area contributed by atoms with Crippen LogP contribution in [0, 0.1) is 0 Å². The van der Waals surface area contributed by atoms with Crippen molar-refractivity contribution < 1.29 is 17.5 Å². The number of rotatable bonds is 21. The number of allylic oxidation sites excluding steroid dienone is 4. The van der Waals surface area contributed by atoms with Crippen molar-refractivity contribution in [2.75, 3.05) is 11.4 Å². The van der Waals surface area contributed by atoms with Crippen LogP contribution in [-0.4, -0.2) is 35.2 Å². The van der Waals surface area contributed by atoms with Crippen LogP contribution < -0.4 is 4.90 Å². The summed E-state index contributed by atoms with van der Waals surface area (Å²) in [6.07, 6.45) is 24.7. The highest BCUT2D eigenvalue weighted by atomic mass is 32.2. The summed E-state index contributed by atoms with van der Waals surface area (Å²) >= 11 is 0. The molecule has 0 aliphatic carbocycles. The molecule has 0 saturated heterocycles. The predicted molar refractivity (Wildman–Crippen MR) is 244 cm³/mol. The highest BCUT2D eigenvalue weighted by molar-refractivity contribution is 7.86. The average molecular weight is 790 g/mol. The van der Waals surface area contributed by atoms with Gasteiger partial charge in [-0.3, -0.25) is 4.55 Å². The second-order valence-corrected chi connectivity index (χ2v) is 19.4. The van der Waals surface area contributed by atoms with Crippen LogP contribution in [-0.2, 0) is 20.9 Å². The van der Waals surface area contributed by atoms with Crippen molar-refractivity contribution in [2.45, 2.75) is 160 Å². The summed E-state index contributed by atoms with van der Waals surface area (Å²) in [5, 5.41) is 3.73. The summed E-state index contributed by atoms with van der Waals surface area (Å²) in [4.78, 5) is 1.96. The normalized spacial score (nSPS) is 17.4. The van der Waals surface area contributed by atoms with Gasteiger partial charge in [-0.15, -0.1) is 0 Å². The first kappa shape index (κ1) is 42.9. The second-order valence-electron chi connectivity index (χ2n) is 17.8. The van der Waals surface area contributed by atoms with Gasteiger partial charge < -0.3 is 4.90 Å². The Morgan fingerprint density at radius 3 is 1.77 bits per heavy atom. The maximum atomic E-state index is 13.5. The number of hydrogen-bond acceptors (Lipinski definition) is 3. The van der Waals surface area contributed by atoms with Gasteiger partial charge in [0.2, 0.25) is 5.69 Å². The lowest BCUT2D eigenvalue weighted by atomic mass is 9.79. The summed E-state index contributed by atoms with van der Waals surface area (Å²) < 4.78 is 40.5. The number of benzene rings is 4. The minimum Gasteiger partial charge on any atom is -0.324 e. The zero-order valence-electron chi connectivity index (χ0n) is 35.8. The summed E-state index contributed by atoms with van der Waals surface area (Å²) in [6.45, 7) is 14.6. The van der Waals surface area contributed by atoms with Crippen LogP contribution in [0.25, 0.3) is 21.5 Å². The topological polar surface area (TPSA) is 60.6 Å². The fraction of sp³-hybridized carbons (Fsp3) is 0.510. The standard InChI is InChI=1S/C51H68N2O3S/c1-7-9-11-13-15-17-19-25-38-52-43-36-34-39-27-21-23-29-41(39)48(43)50(3,4)45(52)31-26-32-46-51(5,6)49-42-30-24-22-28-40(42)35-37-44(49)53(46)47(57(54,55)56)33-20-18-16-14-12-10-8-2/h21-24,26-32,34-37,47H,7-20,25,33,38H2,1-6H3/p+1. The van der Waals surface area contributed by atoms with E-state index in [0.29, 0.717) is 6.42 Å².